The summed E-state index contributed by atoms with van der Waals surface area (Å²) in [7, 11) is 1.61. The molecule has 17 heavy (non-hydrogen) atoms. The first-order valence-electron chi connectivity index (χ1n) is 5.62. The summed E-state index contributed by atoms with van der Waals surface area (Å²) in [5.41, 5.74) is 2.02. The Labute approximate surface area is 102 Å². The lowest BCUT2D eigenvalue weighted by molar-refractivity contribution is -0.134. The van der Waals surface area contributed by atoms with Crippen molar-refractivity contribution in [2.75, 3.05) is 11.9 Å². The van der Waals surface area contributed by atoms with Crippen LogP contribution in [0.25, 0.3) is 0 Å². The van der Waals surface area contributed by atoms with Gasteiger partial charge in [-0.2, -0.15) is 0 Å². The van der Waals surface area contributed by atoms with Crippen LogP contribution in [0.5, 0.6) is 0 Å². The molecular formula is C14H19NO2. The van der Waals surface area contributed by atoms with E-state index in [1.54, 1.807) is 7.05 Å². The second-order valence-electron chi connectivity index (χ2n) is 5.22. The maximum Gasteiger partial charge on any atom is 0.293 e. The summed E-state index contributed by atoms with van der Waals surface area (Å²) < 4.78 is 0. The van der Waals surface area contributed by atoms with Crippen molar-refractivity contribution in [3.8, 4) is 0 Å². The van der Waals surface area contributed by atoms with Crippen LogP contribution in [0.3, 0.4) is 0 Å². The third kappa shape index (κ3) is 3.16. The predicted octanol–water partition coefficient (Wildman–Crippen LogP) is 2.54. The van der Waals surface area contributed by atoms with Crippen LogP contribution in [0.15, 0.2) is 24.3 Å². The third-order valence-electron chi connectivity index (χ3n) is 2.73. The maximum absolute atomic E-state index is 11.5. The maximum atomic E-state index is 11.5. The van der Waals surface area contributed by atoms with Crippen LogP contribution in [0.1, 0.15) is 33.3 Å². The van der Waals surface area contributed by atoms with Crippen LogP contribution in [-0.2, 0) is 15.0 Å². The number of nitrogens with zero attached hydrogens (tertiary/aromatic N) is 1. The highest BCUT2D eigenvalue weighted by atomic mass is 16.2. The molecule has 0 saturated heterocycles. The summed E-state index contributed by atoms with van der Waals surface area (Å²) in [6, 6.07) is 7.70. The highest BCUT2D eigenvalue weighted by molar-refractivity contribution is 6.40. The van der Waals surface area contributed by atoms with E-state index >= 15 is 0 Å². The fourth-order valence-corrected chi connectivity index (χ4v) is 1.54. The highest BCUT2D eigenvalue weighted by Gasteiger charge is 2.17. The molecule has 1 aromatic rings. The highest BCUT2D eigenvalue weighted by Crippen LogP contribution is 2.24. The van der Waals surface area contributed by atoms with Gasteiger partial charge in [0.2, 0.25) is 5.78 Å². The minimum absolute atomic E-state index is 0.0850. The van der Waals surface area contributed by atoms with Crippen LogP contribution in [0, 0.1) is 0 Å². The Morgan fingerprint density at radius 2 is 1.53 bits per heavy atom. The normalized spacial score (nSPS) is 11.1. The lowest BCUT2D eigenvalue weighted by Crippen LogP contribution is -2.31. The number of carbonyl (C=O) groups excluding carboxylic acids is 2. The number of hydrogen-bond acceptors (Lipinski definition) is 2. The molecule has 1 amide bonds. The summed E-state index contributed by atoms with van der Waals surface area (Å²) in [5.74, 6) is -0.944. The Hall–Kier alpha value is -1.64. The number of amides is 1. The molecule has 0 fully saturated rings. The van der Waals surface area contributed by atoms with E-state index in [-0.39, 0.29) is 5.41 Å². The van der Waals surface area contributed by atoms with Crippen molar-refractivity contribution in [3.05, 3.63) is 29.8 Å². The number of anilines is 1. The van der Waals surface area contributed by atoms with E-state index in [9.17, 15) is 9.59 Å². The Kier molecular flexibility index (Phi) is 3.71. The number of carbonyl (C=O) groups is 2. The molecule has 0 aliphatic rings. The van der Waals surface area contributed by atoms with E-state index in [0.29, 0.717) is 0 Å². The molecule has 0 bridgehead atoms. The summed E-state index contributed by atoms with van der Waals surface area (Å²) in [6.07, 6.45) is 0. The summed E-state index contributed by atoms with van der Waals surface area (Å²) >= 11 is 0. The molecule has 92 valence electrons. The average molecular weight is 233 g/mol. The zero-order chi connectivity index (χ0) is 13.2. The summed E-state index contributed by atoms with van der Waals surface area (Å²) in [5, 5.41) is 0. The van der Waals surface area contributed by atoms with Gasteiger partial charge in [0.25, 0.3) is 5.91 Å². The van der Waals surface area contributed by atoms with E-state index < -0.39 is 11.7 Å². The number of rotatable bonds is 2. The van der Waals surface area contributed by atoms with E-state index in [2.05, 4.69) is 20.8 Å². The molecule has 3 nitrogen and oxygen atoms in total. The fraction of sp³-hybridized carbons (Fsp3) is 0.429. The third-order valence-corrected chi connectivity index (χ3v) is 2.73. The zero-order valence-electron chi connectivity index (χ0n) is 11.1. The number of Topliss-reactive ketones (excluding diaryl/α,β-unsaturated/α-hetero) is 1. The minimum atomic E-state index is -0.492. The second kappa shape index (κ2) is 4.70. The predicted molar refractivity (Wildman–Crippen MR) is 69.2 cm³/mol. The van der Waals surface area contributed by atoms with Crippen molar-refractivity contribution >= 4 is 17.4 Å². The standard InChI is InChI=1S/C14H19NO2/c1-10(16)13(17)15(5)12-8-6-11(7-9-12)14(2,3)4/h6-9H,1-5H3. The van der Waals surface area contributed by atoms with Gasteiger partial charge in [0.15, 0.2) is 0 Å². The first kappa shape index (κ1) is 13.4. The van der Waals surface area contributed by atoms with Crippen molar-refractivity contribution < 1.29 is 9.59 Å². The van der Waals surface area contributed by atoms with Gasteiger partial charge in [-0.3, -0.25) is 9.59 Å². The SMILES string of the molecule is CC(=O)C(=O)N(C)c1ccc(C(C)(C)C)cc1. The second-order valence-corrected chi connectivity index (χ2v) is 5.22. The van der Waals surface area contributed by atoms with Gasteiger partial charge in [-0.25, -0.2) is 0 Å². The number of hydrogen-bond donors (Lipinski definition) is 0. The molecule has 0 unspecified atom stereocenters. The Morgan fingerprint density at radius 3 is 1.88 bits per heavy atom. The topological polar surface area (TPSA) is 37.4 Å². The number of likely N-dealkylation sites (N-methyl/N-ethyl adjacent to an activating group) is 1. The van der Waals surface area contributed by atoms with Crippen molar-refractivity contribution in [2.45, 2.75) is 33.1 Å². The Morgan fingerprint density at radius 1 is 1.06 bits per heavy atom. The Balaban J connectivity index is 2.96. The van der Waals surface area contributed by atoms with Crippen molar-refractivity contribution in [1.82, 2.24) is 0 Å². The molecule has 0 aliphatic carbocycles. The van der Waals surface area contributed by atoms with Crippen LogP contribution in [0.2, 0.25) is 0 Å². The van der Waals surface area contributed by atoms with Crippen molar-refractivity contribution in [1.29, 1.82) is 0 Å². The summed E-state index contributed by atoms with van der Waals surface area (Å²) in [6.45, 7) is 7.67. The molecule has 0 heterocycles. The molecule has 0 spiro atoms. The lowest BCUT2D eigenvalue weighted by Gasteiger charge is -2.21. The fourth-order valence-electron chi connectivity index (χ4n) is 1.54. The monoisotopic (exact) mass is 233 g/mol. The molecule has 3 heteroatoms. The molecule has 1 aromatic carbocycles. The van der Waals surface area contributed by atoms with E-state index in [4.69, 9.17) is 0 Å². The molecule has 0 aromatic heterocycles. The van der Waals surface area contributed by atoms with Gasteiger partial charge in [0.1, 0.15) is 0 Å². The smallest absolute Gasteiger partial charge is 0.293 e. The molecule has 0 saturated carbocycles. The summed E-state index contributed by atoms with van der Waals surface area (Å²) in [4.78, 5) is 23.9. The molecule has 0 aliphatic heterocycles. The molecule has 1 rings (SSSR count). The number of ketones is 1. The molecule has 0 N–H and O–H groups in total. The van der Waals surface area contributed by atoms with Crippen molar-refractivity contribution in [3.63, 3.8) is 0 Å². The van der Waals surface area contributed by atoms with E-state index in [0.717, 1.165) is 5.69 Å². The minimum Gasteiger partial charge on any atom is -0.309 e. The van der Waals surface area contributed by atoms with Crippen LogP contribution >= 0.6 is 0 Å². The lowest BCUT2D eigenvalue weighted by atomic mass is 9.87. The van der Waals surface area contributed by atoms with Gasteiger partial charge in [-0.15, -0.1) is 0 Å². The Bertz CT molecular complexity index is 427. The van der Waals surface area contributed by atoms with Crippen LogP contribution < -0.4 is 4.90 Å². The molecule has 0 atom stereocenters. The van der Waals surface area contributed by atoms with Gasteiger partial charge >= 0.3 is 0 Å². The average Bonchev–Trinajstić information content (AvgIpc) is 2.26. The van der Waals surface area contributed by atoms with Gasteiger partial charge in [0, 0.05) is 19.7 Å². The van der Waals surface area contributed by atoms with Gasteiger partial charge in [0.05, 0.1) is 0 Å². The quantitative estimate of drug-likeness (QED) is 0.736. The first-order chi connectivity index (χ1) is 7.73. The largest absolute Gasteiger partial charge is 0.309 e. The van der Waals surface area contributed by atoms with Gasteiger partial charge < -0.3 is 4.90 Å². The number of benzene rings is 1. The van der Waals surface area contributed by atoms with E-state index in [1.165, 1.54) is 17.4 Å². The zero-order valence-corrected chi connectivity index (χ0v) is 11.1. The van der Waals surface area contributed by atoms with Crippen LogP contribution in [-0.4, -0.2) is 18.7 Å². The van der Waals surface area contributed by atoms with Gasteiger partial charge in [-0.05, 0) is 23.1 Å². The molecular weight excluding hydrogens is 214 g/mol. The molecule has 0 radical (unpaired) electrons. The van der Waals surface area contributed by atoms with Gasteiger partial charge in [-0.1, -0.05) is 32.9 Å². The van der Waals surface area contributed by atoms with E-state index in [1.807, 2.05) is 24.3 Å². The van der Waals surface area contributed by atoms with Crippen LogP contribution in [0.4, 0.5) is 5.69 Å². The van der Waals surface area contributed by atoms with Crippen molar-refractivity contribution in [2.24, 2.45) is 0 Å². The first-order valence-corrected chi connectivity index (χ1v) is 5.62.